The molecule has 1 aromatic rings. The van der Waals surface area contributed by atoms with Crippen molar-refractivity contribution in [3.8, 4) is 0 Å². The van der Waals surface area contributed by atoms with E-state index in [4.69, 9.17) is 5.73 Å². The van der Waals surface area contributed by atoms with Crippen LogP contribution in [0.1, 0.15) is 43.5 Å². The Morgan fingerprint density at radius 1 is 1.12 bits per heavy atom. The van der Waals surface area contributed by atoms with Gasteiger partial charge in [-0.1, -0.05) is 13.3 Å². The molecule has 2 amide bonds. The SMILES string of the molecule is CCCC(C)(N)C(=O)N1CCCN(C(=O)c2ccc(F)cc2)CC1.Cl. The number of amides is 2. The lowest BCUT2D eigenvalue weighted by molar-refractivity contribution is -0.136. The fourth-order valence-electron chi connectivity index (χ4n) is 3.09. The van der Waals surface area contributed by atoms with E-state index in [0.29, 0.717) is 44.6 Å². The van der Waals surface area contributed by atoms with Gasteiger partial charge in [0.2, 0.25) is 5.91 Å². The van der Waals surface area contributed by atoms with Crippen molar-refractivity contribution in [1.29, 1.82) is 0 Å². The third-order valence-corrected chi connectivity index (χ3v) is 4.42. The Kier molecular flexibility index (Phi) is 7.83. The van der Waals surface area contributed by atoms with Gasteiger partial charge in [-0.15, -0.1) is 12.4 Å². The molecule has 1 fully saturated rings. The molecule has 1 saturated heterocycles. The molecule has 0 bridgehead atoms. The second-order valence-corrected chi connectivity index (χ2v) is 6.61. The Balaban J connectivity index is 0.00000312. The highest BCUT2D eigenvalue weighted by Crippen LogP contribution is 2.16. The van der Waals surface area contributed by atoms with Crippen LogP contribution in [-0.2, 0) is 4.79 Å². The molecule has 140 valence electrons. The van der Waals surface area contributed by atoms with Gasteiger partial charge in [-0.05, 0) is 44.0 Å². The number of rotatable bonds is 4. The summed E-state index contributed by atoms with van der Waals surface area (Å²) in [6.07, 6.45) is 2.20. The number of carbonyl (C=O) groups excluding carboxylic acids is 2. The molecule has 1 aliphatic heterocycles. The smallest absolute Gasteiger partial charge is 0.253 e. The van der Waals surface area contributed by atoms with Gasteiger partial charge >= 0.3 is 0 Å². The zero-order chi connectivity index (χ0) is 17.7. The fraction of sp³-hybridized carbons (Fsp3) is 0.556. The molecule has 0 aromatic heterocycles. The fourth-order valence-corrected chi connectivity index (χ4v) is 3.09. The van der Waals surface area contributed by atoms with E-state index in [2.05, 4.69) is 0 Å². The highest BCUT2D eigenvalue weighted by atomic mass is 35.5. The normalized spacial score (nSPS) is 17.3. The maximum atomic E-state index is 13.0. The highest BCUT2D eigenvalue weighted by Gasteiger charge is 2.33. The average Bonchev–Trinajstić information content (AvgIpc) is 2.80. The molecule has 1 atom stereocenters. The molecule has 0 aliphatic carbocycles. The summed E-state index contributed by atoms with van der Waals surface area (Å²) in [4.78, 5) is 28.6. The maximum Gasteiger partial charge on any atom is 0.253 e. The molecule has 1 heterocycles. The zero-order valence-electron chi connectivity index (χ0n) is 14.8. The summed E-state index contributed by atoms with van der Waals surface area (Å²) in [5.74, 6) is -0.550. The van der Waals surface area contributed by atoms with Crippen molar-refractivity contribution in [2.24, 2.45) is 5.73 Å². The molecule has 2 N–H and O–H groups in total. The monoisotopic (exact) mass is 371 g/mol. The van der Waals surface area contributed by atoms with Crippen molar-refractivity contribution >= 4 is 24.2 Å². The van der Waals surface area contributed by atoms with Crippen LogP contribution in [0.5, 0.6) is 0 Å². The molecule has 2 rings (SSSR count). The summed E-state index contributed by atoms with van der Waals surface area (Å²) in [6.45, 7) is 5.89. The standard InChI is InChI=1S/C18H26FN3O2.ClH/c1-3-9-18(2,20)17(24)22-11-4-10-21(12-13-22)16(23)14-5-7-15(19)8-6-14;/h5-8H,3-4,9-13,20H2,1-2H3;1H. The molecule has 25 heavy (non-hydrogen) atoms. The first-order valence-electron chi connectivity index (χ1n) is 8.48. The van der Waals surface area contributed by atoms with Crippen LogP contribution in [0.2, 0.25) is 0 Å². The van der Waals surface area contributed by atoms with E-state index in [9.17, 15) is 14.0 Å². The van der Waals surface area contributed by atoms with E-state index in [1.807, 2.05) is 6.92 Å². The van der Waals surface area contributed by atoms with E-state index < -0.39 is 5.54 Å². The van der Waals surface area contributed by atoms with E-state index in [-0.39, 0.29) is 30.0 Å². The summed E-state index contributed by atoms with van der Waals surface area (Å²) >= 11 is 0. The second kappa shape index (κ2) is 9.15. The predicted molar refractivity (Wildman–Crippen MR) is 98.2 cm³/mol. The third-order valence-electron chi connectivity index (χ3n) is 4.42. The van der Waals surface area contributed by atoms with E-state index in [1.54, 1.807) is 16.7 Å². The minimum atomic E-state index is -0.856. The van der Waals surface area contributed by atoms with Gasteiger partial charge in [0.25, 0.3) is 5.91 Å². The van der Waals surface area contributed by atoms with Crippen LogP contribution in [0.25, 0.3) is 0 Å². The summed E-state index contributed by atoms with van der Waals surface area (Å²) in [5, 5.41) is 0. The lowest BCUT2D eigenvalue weighted by Crippen LogP contribution is -2.54. The van der Waals surface area contributed by atoms with Crippen LogP contribution >= 0.6 is 12.4 Å². The minimum absolute atomic E-state index is 0. The number of halogens is 2. The van der Waals surface area contributed by atoms with Gasteiger partial charge in [0, 0.05) is 31.7 Å². The van der Waals surface area contributed by atoms with Gasteiger partial charge in [-0.25, -0.2) is 4.39 Å². The predicted octanol–water partition coefficient (Wildman–Crippen LogP) is 2.44. The van der Waals surface area contributed by atoms with Crippen LogP contribution in [0.4, 0.5) is 4.39 Å². The van der Waals surface area contributed by atoms with Gasteiger partial charge in [0.15, 0.2) is 0 Å². The largest absolute Gasteiger partial charge is 0.339 e. The molecular weight excluding hydrogens is 345 g/mol. The van der Waals surface area contributed by atoms with Crippen molar-refractivity contribution in [2.45, 2.75) is 38.6 Å². The molecule has 1 unspecified atom stereocenters. The Bertz CT molecular complexity index is 592. The Labute approximate surface area is 154 Å². The Morgan fingerprint density at radius 2 is 1.68 bits per heavy atom. The van der Waals surface area contributed by atoms with Crippen molar-refractivity contribution in [1.82, 2.24) is 9.80 Å². The summed E-state index contributed by atoms with van der Waals surface area (Å²) in [6, 6.07) is 5.55. The van der Waals surface area contributed by atoms with Crippen molar-refractivity contribution in [2.75, 3.05) is 26.2 Å². The first-order chi connectivity index (χ1) is 11.3. The van der Waals surface area contributed by atoms with Gasteiger partial charge in [-0.2, -0.15) is 0 Å². The van der Waals surface area contributed by atoms with Gasteiger partial charge in [-0.3, -0.25) is 9.59 Å². The average molecular weight is 372 g/mol. The number of nitrogens with two attached hydrogens (primary N) is 1. The van der Waals surface area contributed by atoms with Crippen LogP contribution in [-0.4, -0.2) is 53.3 Å². The first kappa shape index (κ1) is 21.4. The molecule has 0 radical (unpaired) electrons. The summed E-state index contributed by atoms with van der Waals surface area (Å²) < 4.78 is 13.0. The highest BCUT2D eigenvalue weighted by molar-refractivity contribution is 5.94. The number of hydrogen-bond donors (Lipinski definition) is 1. The summed E-state index contributed by atoms with van der Waals surface area (Å²) in [5.41, 5.74) is 5.75. The number of hydrogen-bond acceptors (Lipinski definition) is 3. The van der Waals surface area contributed by atoms with Crippen molar-refractivity contribution in [3.05, 3.63) is 35.6 Å². The van der Waals surface area contributed by atoms with Gasteiger partial charge in [0.05, 0.1) is 5.54 Å². The third kappa shape index (κ3) is 5.41. The molecule has 7 heteroatoms. The van der Waals surface area contributed by atoms with Gasteiger partial charge < -0.3 is 15.5 Å². The van der Waals surface area contributed by atoms with Crippen LogP contribution in [0.15, 0.2) is 24.3 Å². The van der Waals surface area contributed by atoms with E-state index in [1.165, 1.54) is 24.3 Å². The van der Waals surface area contributed by atoms with Crippen molar-refractivity contribution < 1.29 is 14.0 Å². The number of nitrogens with zero attached hydrogens (tertiary/aromatic N) is 2. The number of benzene rings is 1. The topological polar surface area (TPSA) is 66.6 Å². The quantitative estimate of drug-likeness (QED) is 0.884. The molecule has 0 spiro atoms. The molecule has 1 aliphatic rings. The second-order valence-electron chi connectivity index (χ2n) is 6.61. The lowest BCUT2D eigenvalue weighted by Gasteiger charge is -2.31. The van der Waals surface area contributed by atoms with Crippen LogP contribution < -0.4 is 5.73 Å². The molecule has 0 saturated carbocycles. The van der Waals surface area contributed by atoms with Crippen molar-refractivity contribution in [3.63, 3.8) is 0 Å². The maximum absolute atomic E-state index is 13.0. The molecule has 1 aromatic carbocycles. The lowest BCUT2D eigenvalue weighted by atomic mass is 9.95. The Morgan fingerprint density at radius 3 is 2.28 bits per heavy atom. The molecule has 5 nitrogen and oxygen atoms in total. The zero-order valence-corrected chi connectivity index (χ0v) is 15.7. The number of carbonyl (C=O) groups is 2. The van der Waals surface area contributed by atoms with Gasteiger partial charge in [0.1, 0.15) is 5.82 Å². The van der Waals surface area contributed by atoms with Crippen LogP contribution in [0, 0.1) is 5.82 Å². The Hall–Kier alpha value is -1.66. The minimum Gasteiger partial charge on any atom is -0.339 e. The van der Waals surface area contributed by atoms with E-state index >= 15 is 0 Å². The first-order valence-corrected chi connectivity index (χ1v) is 8.48. The summed E-state index contributed by atoms with van der Waals surface area (Å²) in [7, 11) is 0. The molecular formula is C18H27ClFN3O2. The van der Waals surface area contributed by atoms with Crippen LogP contribution in [0.3, 0.4) is 0 Å². The van der Waals surface area contributed by atoms with E-state index in [0.717, 1.165) is 6.42 Å².